The molecule has 0 amide bonds. The summed E-state index contributed by atoms with van der Waals surface area (Å²) in [4.78, 5) is 21.2. The fourth-order valence-corrected chi connectivity index (χ4v) is 3.26. The molecule has 2 N–H and O–H groups in total. The summed E-state index contributed by atoms with van der Waals surface area (Å²) in [5.74, 6) is 0.110. The van der Waals surface area contributed by atoms with E-state index in [1.807, 2.05) is 13.0 Å². The molecule has 2 heterocycles. The van der Waals surface area contributed by atoms with Crippen molar-refractivity contribution in [2.45, 2.75) is 38.6 Å². The number of nitro groups is 1. The summed E-state index contributed by atoms with van der Waals surface area (Å²) in [6.07, 6.45) is 3.54. The number of aryl methyl sites for hydroxylation is 1. The van der Waals surface area contributed by atoms with E-state index in [1.165, 1.54) is 6.07 Å². The summed E-state index contributed by atoms with van der Waals surface area (Å²) in [5.41, 5.74) is 0.567. The Morgan fingerprint density at radius 3 is 2.86 bits per heavy atom. The summed E-state index contributed by atoms with van der Waals surface area (Å²) < 4.78 is 13.5. The Kier molecular flexibility index (Phi) is 7.47. The number of halogens is 2. The number of anilines is 3. The molecule has 1 aromatic heterocycles. The molecule has 1 atom stereocenters. The van der Waals surface area contributed by atoms with Crippen LogP contribution in [0.1, 0.15) is 31.9 Å². The molecule has 28 heavy (non-hydrogen) atoms. The first kappa shape index (κ1) is 21.8. The van der Waals surface area contributed by atoms with E-state index >= 15 is 0 Å². The highest BCUT2D eigenvalue weighted by Gasteiger charge is 2.26. The zero-order chi connectivity index (χ0) is 19.4. The van der Waals surface area contributed by atoms with Crippen molar-refractivity contribution in [2.24, 2.45) is 0 Å². The van der Waals surface area contributed by atoms with Crippen LogP contribution in [0.2, 0.25) is 0 Å². The summed E-state index contributed by atoms with van der Waals surface area (Å²) >= 11 is 0. The minimum atomic E-state index is -0.894. The summed E-state index contributed by atoms with van der Waals surface area (Å²) in [6, 6.07) is 5.51. The van der Waals surface area contributed by atoms with Gasteiger partial charge in [-0.05, 0) is 31.4 Å². The number of nitrogens with zero attached hydrogens (tertiary/aromatic N) is 4. The van der Waals surface area contributed by atoms with Gasteiger partial charge in [-0.3, -0.25) is 10.1 Å². The molecule has 0 bridgehead atoms. The topological polar surface area (TPSA) is 104 Å². The van der Waals surface area contributed by atoms with Gasteiger partial charge in [0.05, 0.1) is 17.6 Å². The molecule has 1 unspecified atom stereocenters. The maximum absolute atomic E-state index is 13.5. The first-order chi connectivity index (χ1) is 13.0. The minimum absolute atomic E-state index is 0. The predicted molar refractivity (Wildman–Crippen MR) is 107 cm³/mol. The van der Waals surface area contributed by atoms with Gasteiger partial charge in [0.1, 0.15) is 5.82 Å². The Balaban J connectivity index is 0.00000280. The second kappa shape index (κ2) is 9.61. The smallest absolute Gasteiger partial charge is 0.306 e. The van der Waals surface area contributed by atoms with Crippen LogP contribution in [0.5, 0.6) is 0 Å². The van der Waals surface area contributed by atoms with Crippen LogP contribution < -0.4 is 10.2 Å². The van der Waals surface area contributed by atoms with Gasteiger partial charge >= 0.3 is 5.69 Å². The van der Waals surface area contributed by atoms with Crippen molar-refractivity contribution in [3.63, 3.8) is 0 Å². The molecular weight excluding hydrogens is 389 g/mol. The highest BCUT2D eigenvalue weighted by Crippen LogP contribution is 2.27. The van der Waals surface area contributed by atoms with Gasteiger partial charge in [0.2, 0.25) is 11.8 Å². The van der Waals surface area contributed by atoms with Crippen LogP contribution in [-0.4, -0.2) is 39.2 Å². The molecule has 1 fully saturated rings. The summed E-state index contributed by atoms with van der Waals surface area (Å²) in [6.45, 7) is 2.90. The Hall–Kier alpha value is -2.52. The molecule has 152 valence electrons. The van der Waals surface area contributed by atoms with E-state index in [9.17, 15) is 19.6 Å². The van der Waals surface area contributed by atoms with Crippen LogP contribution in [0.4, 0.5) is 27.5 Å². The molecule has 0 aliphatic carbocycles. The first-order valence-electron chi connectivity index (χ1n) is 8.98. The van der Waals surface area contributed by atoms with Gasteiger partial charge in [0.15, 0.2) is 0 Å². The summed E-state index contributed by atoms with van der Waals surface area (Å²) in [7, 11) is 0. The van der Waals surface area contributed by atoms with E-state index in [0.29, 0.717) is 17.5 Å². The number of nitrogens with one attached hydrogen (secondary N) is 1. The Morgan fingerprint density at radius 1 is 1.39 bits per heavy atom. The van der Waals surface area contributed by atoms with Crippen molar-refractivity contribution in [3.8, 4) is 0 Å². The van der Waals surface area contributed by atoms with Crippen LogP contribution in [0.15, 0.2) is 24.3 Å². The molecule has 1 saturated heterocycles. The van der Waals surface area contributed by atoms with E-state index < -0.39 is 16.4 Å². The molecule has 0 radical (unpaired) electrons. The van der Waals surface area contributed by atoms with Gasteiger partial charge in [-0.25, -0.2) is 4.98 Å². The van der Waals surface area contributed by atoms with Crippen molar-refractivity contribution < 1.29 is 14.4 Å². The molecular formula is C18H23ClFN5O3. The zero-order valence-corrected chi connectivity index (χ0v) is 16.3. The second-order valence-corrected chi connectivity index (χ2v) is 6.51. The maximum atomic E-state index is 13.5. The molecule has 3 rings (SSSR count). The van der Waals surface area contributed by atoms with Crippen LogP contribution in [0.25, 0.3) is 0 Å². The predicted octanol–water partition coefficient (Wildman–Crippen LogP) is 3.60. The van der Waals surface area contributed by atoms with E-state index in [2.05, 4.69) is 20.2 Å². The van der Waals surface area contributed by atoms with Gasteiger partial charge in [0, 0.05) is 30.1 Å². The average molecular weight is 412 g/mol. The van der Waals surface area contributed by atoms with E-state index in [0.717, 1.165) is 50.1 Å². The fraction of sp³-hybridized carbons (Fsp3) is 0.444. The van der Waals surface area contributed by atoms with Crippen LogP contribution in [0, 0.1) is 15.9 Å². The molecule has 10 heteroatoms. The Bertz CT molecular complexity index is 839. The van der Waals surface area contributed by atoms with Gasteiger partial charge < -0.3 is 15.3 Å². The molecule has 8 nitrogen and oxygen atoms in total. The number of rotatable bonds is 7. The molecule has 1 aromatic carbocycles. The van der Waals surface area contributed by atoms with Crippen LogP contribution in [0.3, 0.4) is 0 Å². The molecule has 1 aliphatic heterocycles. The van der Waals surface area contributed by atoms with Crippen molar-refractivity contribution in [1.29, 1.82) is 0 Å². The van der Waals surface area contributed by atoms with Gasteiger partial charge in [-0.1, -0.05) is 13.3 Å². The molecule has 0 saturated carbocycles. The number of benzene rings is 1. The number of hydrogen-bond donors (Lipinski definition) is 2. The molecule has 0 spiro atoms. The lowest BCUT2D eigenvalue weighted by molar-refractivity contribution is -0.387. The van der Waals surface area contributed by atoms with Crippen LogP contribution in [-0.2, 0) is 6.42 Å². The Morgan fingerprint density at radius 2 is 2.18 bits per heavy atom. The summed E-state index contributed by atoms with van der Waals surface area (Å²) in [5, 5.41) is 23.5. The van der Waals surface area contributed by atoms with Crippen molar-refractivity contribution in [1.82, 2.24) is 9.97 Å². The average Bonchev–Trinajstić information content (AvgIpc) is 3.12. The quantitative estimate of drug-likeness (QED) is 0.529. The van der Waals surface area contributed by atoms with Gasteiger partial charge in [-0.2, -0.15) is 9.37 Å². The highest BCUT2D eigenvalue weighted by atomic mass is 35.5. The fourth-order valence-electron chi connectivity index (χ4n) is 3.26. The maximum Gasteiger partial charge on any atom is 0.306 e. The van der Waals surface area contributed by atoms with Crippen molar-refractivity contribution >= 4 is 35.5 Å². The van der Waals surface area contributed by atoms with Gasteiger partial charge in [0.25, 0.3) is 0 Å². The van der Waals surface area contributed by atoms with Crippen molar-refractivity contribution in [3.05, 3.63) is 45.9 Å². The lowest BCUT2D eigenvalue weighted by atomic mass is 10.2. The molecule has 2 aromatic rings. The van der Waals surface area contributed by atoms with Crippen molar-refractivity contribution in [2.75, 3.05) is 23.4 Å². The number of hydrogen-bond acceptors (Lipinski definition) is 7. The standard InChI is InChI=1S/C18H22FN5O3.ClH/c1-2-4-12-10-17(23-8-3-5-14(23)11-25)22-18(20-12)21-13-6-7-15(19)16(9-13)24(26)27;/h6-7,9-10,14,25H,2-5,8,11H2,1H3,(H,20,21,22);1H. The number of nitro benzene ring substituents is 1. The number of aliphatic hydroxyl groups excluding tert-OH is 1. The van der Waals surface area contributed by atoms with E-state index in [-0.39, 0.29) is 25.1 Å². The zero-order valence-electron chi connectivity index (χ0n) is 15.5. The molecule has 1 aliphatic rings. The lowest BCUT2D eigenvalue weighted by Crippen LogP contribution is -2.33. The minimum Gasteiger partial charge on any atom is -0.394 e. The normalized spacial score (nSPS) is 16.0. The number of aromatic nitrogens is 2. The SMILES string of the molecule is CCCc1cc(N2CCCC2CO)nc(Nc2ccc(F)c([N+](=O)[O-])c2)n1.Cl. The van der Waals surface area contributed by atoms with E-state index in [4.69, 9.17) is 0 Å². The second-order valence-electron chi connectivity index (χ2n) is 6.51. The largest absolute Gasteiger partial charge is 0.394 e. The van der Waals surface area contributed by atoms with Crippen LogP contribution >= 0.6 is 12.4 Å². The third kappa shape index (κ3) is 4.85. The third-order valence-electron chi connectivity index (χ3n) is 4.55. The lowest BCUT2D eigenvalue weighted by Gasteiger charge is -2.25. The van der Waals surface area contributed by atoms with Gasteiger partial charge in [-0.15, -0.1) is 12.4 Å². The number of aliphatic hydroxyl groups is 1. The van der Waals surface area contributed by atoms with E-state index in [1.54, 1.807) is 0 Å². The first-order valence-corrected chi connectivity index (χ1v) is 8.98. The monoisotopic (exact) mass is 411 g/mol. The highest BCUT2D eigenvalue weighted by molar-refractivity contribution is 5.85. The Labute approximate surface area is 168 Å². The third-order valence-corrected chi connectivity index (χ3v) is 4.55.